The Morgan fingerprint density at radius 3 is 2.38 bits per heavy atom. The minimum atomic E-state index is -1.27. The molecule has 1 spiro atoms. The molecule has 3 N–H and O–H groups in total. The first-order valence-corrected chi connectivity index (χ1v) is 16.9. The van der Waals surface area contributed by atoms with Crippen LogP contribution in [0.4, 0.5) is 0 Å². The van der Waals surface area contributed by atoms with Crippen molar-refractivity contribution in [2.24, 2.45) is 16.7 Å². The summed E-state index contributed by atoms with van der Waals surface area (Å²) in [6.07, 6.45) is 6.11. The highest BCUT2D eigenvalue weighted by Gasteiger charge is 2.77. The summed E-state index contributed by atoms with van der Waals surface area (Å²) in [5.74, 6) is -1.30. The average molecular weight is 614 g/mol. The Morgan fingerprint density at radius 1 is 0.911 bits per heavy atom. The number of H-pyrrole nitrogens is 1. The minimum absolute atomic E-state index is 0.111. The maximum absolute atomic E-state index is 13.4. The molecule has 2 bridgehead atoms. The lowest BCUT2D eigenvalue weighted by Gasteiger charge is -2.68. The van der Waals surface area contributed by atoms with Gasteiger partial charge in [-0.25, -0.2) is 0 Å². The first-order chi connectivity index (χ1) is 20.7. The van der Waals surface area contributed by atoms with E-state index >= 15 is 0 Å². The Bertz CT molecular complexity index is 1830. The van der Waals surface area contributed by atoms with Gasteiger partial charge in [-0.05, 0) is 119 Å². The zero-order valence-electron chi connectivity index (χ0n) is 28.1. The number of aromatic nitrogens is 1. The third-order valence-corrected chi connectivity index (χ3v) is 14.2. The van der Waals surface area contributed by atoms with E-state index in [4.69, 9.17) is 14.2 Å². The number of hydrogen-bond acceptors (Lipinski definition) is 6. The summed E-state index contributed by atoms with van der Waals surface area (Å²) in [5, 5.41) is 26.0. The van der Waals surface area contributed by atoms with Gasteiger partial charge >= 0.3 is 0 Å². The molecule has 1 saturated heterocycles. The van der Waals surface area contributed by atoms with Gasteiger partial charge < -0.3 is 29.4 Å². The fourth-order valence-electron chi connectivity index (χ4n) is 12.0. The normalized spacial score (nSPS) is 46.0. The lowest BCUT2D eigenvalue weighted by molar-refractivity contribution is -0.256. The van der Waals surface area contributed by atoms with Crippen LogP contribution in [0.1, 0.15) is 116 Å². The number of carbonyl (C=O) groups is 1. The molecule has 0 unspecified atom stereocenters. The molecule has 4 heterocycles. The Morgan fingerprint density at radius 2 is 1.64 bits per heavy atom. The molecule has 2 aromatic rings. The summed E-state index contributed by atoms with van der Waals surface area (Å²) in [7, 11) is 0. The summed E-state index contributed by atoms with van der Waals surface area (Å²) >= 11 is 0. The average Bonchev–Trinajstić information content (AvgIpc) is 3.56. The third kappa shape index (κ3) is 3.01. The predicted octanol–water partition coefficient (Wildman–Crippen LogP) is 6.35. The van der Waals surface area contributed by atoms with Crippen molar-refractivity contribution in [1.29, 1.82) is 0 Å². The number of ketones is 1. The number of nitrogens with one attached hydrogen (secondary N) is 1. The van der Waals surface area contributed by atoms with Crippen molar-refractivity contribution in [2.45, 2.75) is 140 Å². The van der Waals surface area contributed by atoms with Crippen molar-refractivity contribution >= 4 is 22.3 Å². The molecule has 9 rings (SSSR count). The van der Waals surface area contributed by atoms with E-state index in [0.29, 0.717) is 24.8 Å². The number of benzene rings is 1. The maximum atomic E-state index is 13.4. The fourth-order valence-corrected chi connectivity index (χ4v) is 12.0. The number of carbonyl (C=O) groups excluding carboxylic acids is 1. The van der Waals surface area contributed by atoms with Gasteiger partial charge in [-0.15, -0.1) is 0 Å². The molecule has 0 amide bonds. The number of hydrogen-bond donors (Lipinski definition) is 3. The number of fused-ring (bicyclic) bond motifs is 12. The van der Waals surface area contributed by atoms with Crippen molar-refractivity contribution in [3.63, 3.8) is 0 Å². The first kappa shape index (κ1) is 28.9. The van der Waals surface area contributed by atoms with E-state index < -0.39 is 51.2 Å². The van der Waals surface area contributed by atoms with E-state index in [9.17, 15) is 15.0 Å². The van der Waals surface area contributed by atoms with Crippen LogP contribution in [0.25, 0.3) is 16.5 Å². The van der Waals surface area contributed by atoms with Gasteiger partial charge in [0.1, 0.15) is 5.60 Å². The highest BCUT2D eigenvalue weighted by atomic mass is 16.8. The second-order valence-electron chi connectivity index (χ2n) is 17.8. The summed E-state index contributed by atoms with van der Waals surface area (Å²) in [4.78, 5) is 17.3. The smallest absolute Gasteiger partial charge is 0.195 e. The molecule has 8 atom stereocenters. The highest BCUT2D eigenvalue weighted by Crippen LogP contribution is 2.75. The van der Waals surface area contributed by atoms with Gasteiger partial charge in [0.15, 0.2) is 17.7 Å². The largest absolute Gasteiger partial charge is 0.388 e. The van der Waals surface area contributed by atoms with Crippen LogP contribution in [-0.2, 0) is 30.8 Å². The van der Waals surface area contributed by atoms with Crippen LogP contribution in [0.15, 0.2) is 29.9 Å². The Kier molecular flexibility index (Phi) is 4.95. The van der Waals surface area contributed by atoms with Gasteiger partial charge in [-0.1, -0.05) is 20.8 Å². The molecule has 240 valence electrons. The van der Waals surface area contributed by atoms with Gasteiger partial charge in [0.25, 0.3) is 0 Å². The van der Waals surface area contributed by atoms with Crippen LogP contribution in [-0.4, -0.2) is 55.3 Å². The quantitative estimate of drug-likeness (QED) is 0.320. The van der Waals surface area contributed by atoms with Crippen LogP contribution < -0.4 is 0 Å². The van der Waals surface area contributed by atoms with Gasteiger partial charge in [0.2, 0.25) is 0 Å². The van der Waals surface area contributed by atoms with Crippen molar-refractivity contribution in [3.8, 4) is 0 Å². The van der Waals surface area contributed by atoms with Crippen molar-refractivity contribution in [1.82, 2.24) is 4.98 Å². The van der Waals surface area contributed by atoms with Gasteiger partial charge in [0.05, 0.1) is 22.9 Å². The van der Waals surface area contributed by atoms with Crippen LogP contribution in [0.3, 0.4) is 0 Å². The molecule has 1 aromatic heterocycles. The molecule has 4 aliphatic carbocycles. The lowest BCUT2D eigenvalue weighted by atomic mass is 9.38. The summed E-state index contributed by atoms with van der Waals surface area (Å²) in [6, 6.07) is 4.47. The zero-order chi connectivity index (χ0) is 32.1. The highest BCUT2D eigenvalue weighted by molar-refractivity contribution is 5.97. The second-order valence-corrected chi connectivity index (χ2v) is 17.8. The molecule has 0 radical (unpaired) electrons. The van der Waals surface area contributed by atoms with E-state index in [0.717, 1.165) is 40.4 Å². The Balaban J connectivity index is 1.21. The van der Waals surface area contributed by atoms with Crippen LogP contribution >= 0.6 is 0 Å². The molecule has 7 nitrogen and oxygen atoms in total. The van der Waals surface area contributed by atoms with Gasteiger partial charge in [-0.3, -0.25) is 4.79 Å². The first-order valence-electron chi connectivity index (χ1n) is 16.9. The van der Waals surface area contributed by atoms with Crippen LogP contribution in [0.5, 0.6) is 0 Å². The molecule has 1 aromatic carbocycles. The Hall–Kier alpha value is -2.29. The third-order valence-electron chi connectivity index (χ3n) is 14.2. The minimum Gasteiger partial charge on any atom is -0.388 e. The maximum Gasteiger partial charge on any atom is 0.195 e. The number of rotatable bonds is 0. The van der Waals surface area contributed by atoms with E-state index in [-0.39, 0.29) is 17.1 Å². The molecule has 3 fully saturated rings. The number of aliphatic hydroxyl groups excluding tert-OH is 1. The van der Waals surface area contributed by atoms with Gasteiger partial charge in [-0.2, -0.15) is 0 Å². The lowest BCUT2D eigenvalue weighted by Crippen LogP contribution is -2.71. The van der Waals surface area contributed by atoms with Crippen molar-refractivity contribution in [3.05, 3.63) is 52.2 Å². The van der Waals surface area contributed by atoms with E-state index in [1.54, 1.807) is 6.08 Å². The molecule has 7 heteroatoms. The number of aromatic amines is 1. The summed E-state index contributed by atoms with van der Waals surface area (Å²) < 4.78 is 19.5. The van der Waals surface area contributed by atoms with E-state index in [1.165, 1.54) is 11.3 Å². The van der Waals surface area contributed by atoms with Crippen LogP contribution in [0.2, 0.25) is 0 Å². The van der Waals surface area contributed by atoms with Gasteiger partial charge in [0, 0.05) is 45.3 Å². The monoisotopic (exact) mass is 613 g/mol. The van der Waals surface area contributed by atoms with Crippen molar-refractivity contribution in [2.75, 3.05) is 0 Å². The molecular weight excluding hydrogens is 566 g/mol. The summed E-state index contributed by atoms with van der Waals surface area (Å²) in [5.41, 5.74) is 3.31. The van der Waals surface area contributed by atoms with E-state index in [2.05, 4.69) is 71.7 Å². The second kappa shape index (κ2) is 7.71. The summed E-state index contributed by atoms with van der Waals surface area (Å²) in [6.45, 7) is 19.1. The zero-order valence-corrected chi connectivity index (χ0v) is 28.1. The molecule has 7 aliphatic rings. The molecule has 2 saturated carbocycles. The number of ether oxygens (including phenoxy) is 3. The predicted molar refractivity (Wildman–Crippen MR) is 171 cm³/mol. The molecule has 45 heavy (non-hydrogen) atoms. The SMILES string of the molecule is CC1(C)C=C2c3cc4[nH]c5c(c4cc3[C@@H](O)[C@@H]2C(C)(C)O1)C[C@]1(C)CC[C@@]2(O)C3=CC(=O)[C@@H]4O[C@@]3(CC[C@]2(C)[C@@]51C)OC4(C)C. The molecular formula is C38H47NO6. The van der Waals surface area contributed by atoms with Crippen LogP contribution in [0, 0.1) is 16.7 Å². The topological polar surface area (TPSA) is 101 Å². The fraction of sp³-hybridized carbons (Fsp3) is 0.658. The van der Waals surface area contributed by atoms with E-state index in [1.807, 2.05) is 13.8 Å². The number of aliphatic hydroxyl groups is 2. The standard InChI is InChI=1S/C38H47NO6/c1-31(2)17-22-19-15-24-20(14-21(19)28(41)27(22)32(3,4)44-31)23-18-34(7)10-12-37(42)26-16-25(40)30-33(5,6)45-38(26,43-30)13-11-35(37,8)36(34,9)29(23)39-24/h14-17,27-28,30,39,41-42H,10-13,18H2,1-9H3/t27-,28-,30+,34+,35-,36+,37-,38+/m1/s1. The molecule has 3 aliphatic heterocycles. The van der Waals surface area contributed by atoms with Crippen molar-refractivity contribution < 1.29 is 29.2 Å². The Labute approximate surface area is 265 Å².